The van der Waals surface area contributed by atoms with Gasteiger partial charge >= 0.3 is 5.97 Å². The number of halogens is 1. The Labute approximate surface area is 115 Å². The highest BCUT2D eigenvalue weighted by molar-refractivity contribution is 9.11. The fourth-order valence-corrected chi connectivity index (χ4v) is 4.14. The highest BCUT2D eigenvalue weighted by atomic mass is 79.9. The van der Waals surface area contributed by atoms with E-state index >= 15 is 0 Å². The lowest BCUT2D eigenvalue weighted by Crippen LogP contribution is -2.01. The molecule has 0 saturated heterocycles. The van der Waals surface area contributed by atoms with Crippen molar-refractivity contribution in [3.63, 3.8) is 0 Å². The second-order valence-electron chi connectivity index (χ2n) is 3.39. The summed E-state index contributed by atoms with van der Waals surface area (Å²) in [4.78, 5) is 14.1. The summed E-state index contributed by atoms with van der Waals surface area (Å²) in [5.41, 5.74) is 7.38. The highest BCUT2D eigenvalue weighted by Crippen LogP contribution is 2.42. The number of nitrogen functional groups attached to an aromatic ring is 1. The fourth-order valence-electron chi connectivity index (χ4n) is 1.44. The van der Waals surface area contributed by atoms with E-state index in [4.69, 9.17) is 10.5 Å². The molecule has 0 aliphatic rings. The van der Waals surface area contributed by atoms with Crippen molar-refractivity contribution in [3.05, 3.63) is 26.4 Å². The number of carbonyl (C=O) groups excluding carboxylic acids is 1. The summed E-state index contributed by atoms with van der Waals surface area (Å²) in [6.45, 7) is 1.92. The molecule has 0 aromatic carbocycles. The molecule has 0 bridgehead atoms. The summed E-state index contributed by atoms with van der Waals surface area (Å²) in [7, 11) is 1.36. The predicted molar refractivity (Wildman–Crippen MR) is 75.8 cm³/mol. The number of anilines is 1. The first-order valence-electron chi connectivity index (χ1n) is 4.77. The third kappa shape index (κ3) is 2.25. The van der Waals surface area contributed by atoms with Gasteiger partial charge in [-0.15, -0.1) is 22.7 Å². The van der Waals surface area contributed by atoms with Crippen molar-refractivity contribution in [1.29, 1.82) is 0 Å². The van der Waals surface area contributed by atoms with Crippen LogP contribution in [0.5, 0.6) is 0 Å². The molecule has 0 spiro atoms. The van der Waals surface area contributed by atoms with Crippen LogP contribution in [0.3, 0.4) is 0 Å². The summed E-state index contributed by atoms with van der Waals surface area (Å²) in [5.74, 6) is -0.377. The number of esters is 1. The van der Waals surface area contributed by atoms with Gasteiger partial charge in [-0.05, 0) is 40.5 Å². The first kappa shape index (κ1) is 12.6. The average Bonchev–Trinajstić information content (AvgIpc) is 2.85. The summed E-state index contributed by atoms with van der Waals surface area (Å²) < 4.78 is 5.77. The molecule has 3 nitrogen and oxygen atoms in total. The molecule has 2 heterocycles. The molecule has 0 unspecified atom stereocenters. The van der Waals surface area contributed by atoms with Gasteiger partial charge in [0, 0.05) is 4.88 Å². The number of methoxy groups -OCH3 is 1. The van der Waals surface area contributed by atoms with Crippen molar-refractivity contribution < 1.29 is 9.53 Å². The average molecular weight is 332 g/mol. The number of hydrogen-bond donors (Lipinski definition) is 1. The van der Waals surface area contributed by atoms with E-state index in [1.54, 1.807) is 11.3 Å². The molecular formula is C11H10BrNO2S2. The van der Waals surface area contributed by atoms with Crippen molar-refractivity contribution in [1.82, 2.24) is 0 Å². The van der Waals surface area contributed by atoms with Gasteiger partial charge in [-0.2, -0.15) is 0 Å². The van der Waals surface area contributed by atoms with Crippen LogP contribution in [0.2, 0.25) is 0 Å². The Morgan fingerprint density at radius 2 is 2.12 bits per heavy atom. The van der Waals surface area contributed by atoms with Crippen molar-refractivity contribution in [3.8, 4) is 9.75 Å². The monoisotopic (exact) mass is 331 g/mol. The lowest BCUT2D eigenvalue weighted by Gasteiger charge is -1.96. The molecule has 2 rings (SSSR count). The molecule has 2 aromatic rings. The van der Waals surface area contributed by atoms with Crippen LogP contribution in [0.25, 0.3) is 9.75 Å². The standard InChI is InChI=1S/C11H10BrNO2S2/c1-5-8(13)10(11(14)15-2)17-9(5)6-3-4-7(12)16-6/h3-4H,13H2,1-2H3. The first-order chi connectivity index (χ1) is 8.04. The number of ether oxygens (including phenoxy) is 1. The first-order valence-corrected chi connectivity index (χ1v) is 7.20. The zero-order valence-corrected chi connectivity index (χ0v) is 12.5. The molecule has 6 heteroatoms. The van der Waals surface area contributed by atoms with Gasteiger partial charge in [0.05, 0.1) is 21.5 Å². The Balaban J connectivity index is 2.53. The molecule has 0 fully saturated rings. The van der Waals surface area contributed by atoms with E-state index in [0.29, 0.717) is 10.6 Å². The highest BCUT2D eigenvalue weighted by Gasteiger charge is 2.20. The Hall–Kier alpha value is -0.850. The van der Waals surface area contributed by atoms with E-state index in [1.807, 2.05) is 19.1 Å². The minimum Gasteiger partial charge on any atom is -0.465 e. The van der Waals surface area contributed by atoms with Gasteiger partial charge in [-0.1, -0.05) is 0 Å². The number of hydrogen-bond acceptors (Lipinski definition) is 5. The molecule has 0 aliphatic heterocycles. The topological polar surface area (TPSA) is 52.3 Å². The van der Waals surface area contributed by atoms with E-state index < -0.39 is 0 Å². The molecule has 0 saturated carbocycles. The lowest BCUT2D eigenvalue weighted by atomic mass is 10.2. The Morgan fingerprint density at radius 3 is 2.65 bits per heavy atom. The minimum atomic E-state index is -0.377. The summed E-state index contributed by atoms with van der Waals surface area (Å²) in [6.07, 6.45) is 0. The maximum Gasteiger partial charge on any atom is 0.350 e. The van der Waals surface area contributed by atoms with Crippen molar-refractivity contribution in [2.45, 2.75) is 6.92 Å². The molecule has 0 radical (unpaired) electrons. The van der Waals surface area contributed by atoms with E-state index in [1.165, 1.54) is 18.4 Å². The third-order valence-electron chi connectivity index (χ3n) is 2.36. The van der Waals surface area contributed by atoms with Crippen LogP contribution in [-0.4, -0.2) is 13.1 Å². The molecule has 0 atom stereocenters. The molecule has 90 valence electrons. The number of rotatable bonds is 2. The van der Waals surface area contributed by atoms with Crippen LogP contribution in [0.1, 0.15) is 15.2 Å². The lowest BCUT2D eigenvalue weighted by molar-refractivity contribution is 0.0607. The minimum absolute atomic E-state index is 0.377. The second kappa shape index (κ2) is 4.80. The molecule has 0 aliphatic carbocycles. The zero-order chi connectivity index (χ0) is 12.6. The Kier molecular flexibility index (Phi) is 3.56. The number of thiophene rings is 2. The van der Waals surface area contributed by atoms with Crippen LogP contribution < -0.4 is 5.73 Å². The quantitative estimate of drug-likeness (QED) is 0.848. The van der Waals surface area contributed by atoms with Crippen molar-refractivity contribution in [2.24, 2.45) is 0 Å². The van der Waals surface area contributed by atoms with E-state index in [9.17, 15) is 4.79 Å². The van der Waals surface area contributed by atoms with Crippen LogP contribution in [0, 0.1) is 6.92 Å². The molecule has 17 heavy (non-hydrogen) atoms. The maximum atomic E-state index is 11.5. The normalized spacial score (nSPS) is 10.5. The van der Waals surface area contributed by atoms with Gasteiger partial charge in [0.25, 0.3) is 0 Å². The summed E-state index contributed by atoms with van der Waals surface area (Å²) in [5, 5.41) is 0. The largest absolute Gasteiger partial charge is 0.465 e. The third-order valence-corrected chi connectivity index (χ3v) is 5.45. The van der Waals surface area contributed by atoms with Gasteiger partial charge in [0.15, 0.2) is 0 Å². The van der Waals surface area contributed by atoms with Crippen LogP contribution in [0.4, 0.5) is 5.69 Å². The SMILES string of the molecule is COC(=O)c1sc(-c2ccc(Br)s2)c(C)c1N. The predicted octanol–water partition coefficient (Wildman–Crippen LogP) is 3.92. The number of carbonyl (C=O) groups is 1. The van der Waals surface area contributed by atoms with Crippen molar-refractivity contribution >= 4 is 50.3 Å². The van der Waals surface area contributed by atoms with E-state index in [0.717, 1.165) is 19.1 Å². The molecule has 0 amide bonds. The van der Waals surface area contributed by atoms with Crippen molar-refractivity contribution in [2.75, 3.05) is 12.8 Å². The van der Waals surface area contributed by atoms with E-state index in [2.05, 4.69) is 15.9 Å². The van der Waals surface area contributed by atoms with Gasteiger partial charge in [-0.25, -0.2) is 4.79 Å². The Morgan fingerprint density at radius 1 is 1.41 bits per heavy atom. The van der Waals surface area contributed by atoms with Gasteiger partial charge < -0.3 is 10.5 Å². The summed E-state index contributed by atoms with van der Waals surface area (Å²) in [6, 6.07) is 3.99. The van der Waals surface area contributed by atoms with Crippen LogP contribution in [0.15, 0.2) is 15.9 Å². The van der Waals surface area contributed by atoms with Gasteiger partial charge in [-0.3, -0.25) is 0 Å². The molecule has 2 aromatic heterocycles. The maximum absolute atomic E-state index is 11.5. The molecule has 2 N–H and O–H groups in total. The van der Waals surface area contributed by atoms with Gasteiger partial charge in [0.1, 0.15) is 4.88 Å². The number of nitrogens with two attached hydrogens (primary N) is 1. The van der Waals surface area contributed by atoms with Crippen LogP contribution >= 0.6 is 38.6 Å². The van der Waals surface area contributed by atoms with Gasteiger partial charge in [0.2, 0.25) is 0 Å². The van der Waals surface area contributed by atoms with Crippen LogP contribution in [-0.2, 0) is 4.74 Å². The Bertz CT molecular complexity index is 574. The fraction of sp³-hybridized carbons (Fsp3) is 0.182. The zero-order valence-electron chi connectivity index (χ0n) is 9.24. The second-order valence-corrected chi connectivity index (χ2v) is 6.88. The summed E-state index contributed by atoms with van der Waals surface area (Å²) >= 11 is 6.41. The smallest absolute Gasteiger partial charge is 0.350 e. The molecular weight excluding hydrogens is 322 g/mol. The van der Waals surface area contributed by atoms with E-state index in [-0.39, 0.29) is 5.97 Å².